The van der Waals surface area contributed by atoms with Gasteiger partial charge in [0.25, 0.3) is 5.91 Å². The third-order valence-electron chi connectivity index (χ3n) is 2.72. The summed E-state index contributed by atoms with van der Waals surface area (Å²) in [6, 6.07) is 1.59. The number of amides is 1. The van der Waals surface area contributed by atoms with Crippen LogP contribution in [-0.2, 0) is 6.18 Å². The van der Waals surface area contributed by atoms with E-state index >= 15 is 0 Å². The average molecular weight is 262 g/mol. The molecule has 98 valence electrons. The standard InChI is InChI=1S/C11H10F4N2O/c12-9-2-1-6(11(13,14)15)3-8(9)10(18)17-4-7(16)5-17/h1-3,7H,4-5,16H2. The first-order valence-electron chi connectivity index (χ1n) is 5.20. The molecule has 0 atom stereocenters. The molecule has 1 heterocycles. The van der Waals surface area contributed by atoms with Crippen LogP contribution < -0.4 is 5.73 Å². The fourth-order valence-electron chi connectivity index (χ4n) is 1.71. The zero-order valence-corrected chi connectivity index (χ0v) is 9.17. The highest BCUT2D eigenvalue weighted by atomic mass is 19.4. The number of alkyl halides is 3. The van der Waals surface area contributed by atoms with Crippen molar-refractivity contribution in [1.29, 1.82) is 0 Å². The van der Waals surface area contributed by atoms with Gasteiger partial charge in [-0.3, -0.25) is 4.79 Å². The molecule has 0 aliphatic carbocycles. The van der Waals surface area contributed by atoms with Gasteiger partial charge in [-0.25, -0.2) is 4.39 Å². The fraction of sp³-hybridized carbons (Fsp3) is 0.364. The Labute approximate surface area is 100 Å². The maximum atomic E-state index is 13.4. The van der Waals surface area contributed by atoms with Crippen molar-refractivity contribution >= 4 is 5.91 Å². The van der Waals surface area contributed by atoms with Crippen molar-refractivity contribution in [1.82, 2.24) is 4.90 Å². The SMILES string of the molecule is NC1CN(C(=O)c2cc(C(F)(F)F)ccc2F)C1. The van der Waals surface area contributed by atoms with Gasteiger partial charge in [0.15, 0.2) is 0 Å². The second-order valence-corrected chi connectivity index (χ2v) is 4.16. The van der Waals surface area contributed by atoms with Crippen LogP contribution in [0.5, 0.6) is 0 Å². The minimum Gasteiger partial charge on any atom is -0.335 e. The predicted octanol–water partition coefficient (Wildman–Crippen LogP) is 1.63. The number of likely N-dealkylation sites (tertiary alicyclic amines) is 1. The Morgan fingerprint density at radius 1 is 1.33 bits per heavy atom. The highest BCUT2D eigenvalue weighted by Crippen LogP contribution is 2.30. The highest BCUT2D eigenvalue weighted by Gasteiger charge is 2.34. The Balaban J connectivity index is 2.29. The lowest BCUT2D eigenvalue weighted by Gasteiger charge is -2.37. The molecule has 1 aliphatic heterocycles. The first kappa shape index (κ1) is 12.8. The quantitative estimate of drug-likeness (QED) is 0.782. The predicted molar refractivity (Wildman–Crippen MR) is 55.3 cm³/mol. The minimum absolute atomic E-state index is 0.192. The van der Waals surface area contributed by atoms with Gasteiger partial charge in [-0.1, -0.05) is 0 Å². The minimum atomic E-state index is -4.60. The molecule has 0 bridgehead atoms. The fourth-order valence-corrected chi connectivity index (χ4v) is 1.71. The molecule has 0 saturated carbocycles. The van der Waals surface area contributed by atoms with E-state index in [4.69, 9.17) is 5.73 Å². The third-order valence-corrected chi connectivity index (χ3v) is 2.72. The van der Waals surface area contributed by atoms with E-state index in [0.29, 0.717) is 18.2 Å². The molecule has 0 unspecified atom stereocenters. The smallest absolute Gasteiger partial charge is 0.335 e. The van der Waals surface area contributed by atoms with Crippen molar-refractivity contribution in [3.05, 3.63) is 35.1 Å². The molecular formula is C11H10F4N2O. The van der Waals surface area contributed by atoms with Gasteiger partial charge in [0.1, 0.15) is 5.82 Å². The Kier molecular flexibility index (Phi) is 3.02. The first-order valence-corrected chi connectivity index (χ1v) is 5.20. The molecule has 2 N–H and O–H groups in total. The van der Waals surface area contributed by atoms with Crippen LogP contribution >= 0.6 is 0 Å². The number of hydrogen-bond donors (Lipinski definition) is 1. The number of carbonyl (C=O) groups is 1. The molecule has 1 aliphatic rings. The Hall–Kier alpha value is -1.63. The van der Waals surface area contributed by atoms with E-state index in [1.807, 2.05) is 0 Å². The van der Waals surface area contributed by atoms with Gasteiger partial charge in [0.05, 0.1) is 11.1 Å². The first-order chi connectivity index (χ1) is 8.29. The van der Waals surface area contributed by atoms with Crippen molar-refractivity contribution in [3.8, 4) is 0 Å². The molecule has 0 radical (unpaired) electrons. The van der Waals surface area contributed by atoms with Crippen molar-refractivity contribution in [2.24, 2.45) is 5.73 Å². The van der Waals surface area contributed by atoms with Gasteiger partial charge < -0.3 is 10.6 Å². The van der Waals surface area contributed by atoms with Crippen LogP contribution in [0.4, 0.5) is 17.6 Å². The number of halogens is 4. The van der Waals surface area contributed by atoms with Crippen LogP contribution in [-0.4, -0.2) is 29.9 Å². The van der Waals surface area contributed by atoms with Crippen LogP contribution in [0.2, 0.25) is 0 Å². The van der Waals surface area contributed by atoms with E-state index in [0.717, 1.165) is 0 Å². The van der Waals surface area contributed by atoms with Gasteiger partial charge in [0.2, 0.25) is 0 Å². The molecule has 18 heavy (non-hydrogen) atoms. The second kappa shape index (κ2) is 4.24. The van der Waals surface area contributed by atoms with Crippen LogP contribution in [0, 0.1) is 5.82 Å². The number of carbonyl (C=O) groups excluding carboxylic acids is 1. The van der Waals surface area contributed by atoms with E-state index in [1.165, 1.54) is 4.90 Å². The van der Waals surface area contributed by atoms with Gasteiger partial charge in [0, 0.05) is 19.1 Å². The highest BCUT2D eigenvalue weighted by molar-refractivity contribution is 5.95. The van der Waals surface area contributed by atoms with Crippen molar-refractivity contribution < 1.29 is 22.4 Å². The Morgan fingerprint density at radius 3 is 2.44 bits per heavy atom. The van der Waals surface area contributed by atoms with Gasteiger partial charge >= 0.3 is 6.18 Å². The largest absolute Gasteiger partial charge is 0.416 e. The molecule has 2 rings (SSSR count). The zero-order valence-electron chi connectivity index (χ0n) is 9.17. The monoisotopic (exact) mass is 262 g/mol. The number of nitrogens with two attached hydrogens (primary N) is 1. The maximum absolute atomic E-state index is 13.4. The Bertz CT molecular complexity index is 480. The van der Waals surface area contributed by atoms with Crippen LogP contribution in [0.15, 0.2) is 18.2 Å². The number of hydrogen-bond acceptors (Lipinski definition) is 2. The summed E-state index contributed by atoms with van der Waals surface area (Å²) in [5, 5.41) is 0. The molecule has 1 fully saturated rings. The van der Waals surface area contributed by atoms with Crippen LogP contribution in [0.1, 0.15) is 15.9 Å². The summed E-state index contributed by atoms with van der Waals surface area (Å²) in [6.07, 6.45) is -4.60. The zero-order chi connectivity index (χ0) is 13.5. The topological polar surface area (TPSA) is 46.3 Å². The molecule has 0 aromatic heterocycles. The summed E-state index contributed by atoms with van der Waals surface area (Å²) in [6.45, 7) is 0.461. The molecule has 1 aromatic carbocycles. The Morgan fingerprint density at radius 2 is 1.94 bits per heavy atom. The number of rotatable bonds is 1. The molecule has 3 nitrogen and oxygen atoms in total. The summed E-state index contributed by atoms with van der Waals surface area (Å²) in [5.74, 6) is -1.73. The molecule has 0 spiro atoms. The lowest BCUT2D eigenvalue weighted by molar-refractivity contribution is -0.137. The molecular weight excluding hydrogens is 252 g/mol. The third kappa shape index (κ3) is 2.31. The van der Waals surface area contributed by atoms with Crippen LogP contribution in [0.3, 0.4) is 0 Å². The normalized spacial score (nSPS) is 16.6. The second-order valence-electron chi connectivity index (χ2n) is 4.16. The van der Waals surface area contributed by atoms with Crippen molar-refractivity contribution in [2.75, 3.05) is 13.1 Å². The van der Waals surface area contributed by atoms with E-state index in [9.17, 15) is 22.4 Å². The van der Waals surface area contributed by atoms with E-state index in [-0.39, 0.29) is 19.1 Å². The van der Waals surface area contributed by atoms with Gasteiger partial charge in [-0.15, -0.1) is 0 Å². The number of nitrogens with zero attached hydrogens (tertiary/aromatic N) is 1. The molecule has 1 saturated heterocycles. The van der Waals surface area contributed by atoms with E-state index in [1.54, 1.807) is 0 Å². The lowest BCUT2D eigenvalue weighted by Crippen LogP contribution is -2.57. The van der Waals surface area contributed by atoms with Gasteiger partial charge in [-0.05, 0) is 18.2 Å². The summed E-state index contributed by atoms with van der Waals surface area (Å²) in [5.41, 5.74) is 3.84. The molecule has 7 heteroatoms. The summed E-state index contributed by atoms with van der Waals surface area (Å²) < 4.78 is 50.7. The summed E-state index contributed by atoms with van der Waals surface area (Å²) in [7, 11) is 0. The molecule has 1 aromatic rings. The van der Waals surface area contributed by atoms with Crippen molar-refractivity contribution in [2.45, 2.75) is 12.2 Å². The average Bonchev–Trinajstić information content (AvgIpc) is 2.23. The van der Waals surface area contributed by atoms with E-state index in [2.05, 4.69) is 0 Å². The maximum Gasteiger partial charge on any atom is 0.416 e. The summed E-state index contributed by atoms with van der Waals surface area (Å²) >= 11 is 0. The lowest BCUT2D eigenvalue weighted by atomic mass is 10.0. The summed E-state index contributed by atoms with van der Waals surface area (Å²) in [4.78, 5) is 12.9. The van der Waals surface area contributed by atoms with Crippen LogP contribution in [0.25, 0.3) is 0 Å². The van der Waals surface area contributed by atoms with Crippen molar-refractivity contribution in [3.63, 3.8) is 0 Å². The van der Waals surface area contributed by atoms with Gasteiger partial charge in [-0.2, -0.15) is 13.2 Å². The van der Waals surface area contributed by atoms with E-state index < -0.39 is 29.0 Å². The molecule has 1 amide bonds. The number of benzene rings is 1.